The van der Waals surface area contributed by atoms with Gasteiger partial charge in [0, 0.05) is 37.3 Å². The Bertz CT molecular complexity index is 841. The fourth-order valence-corrected chi connectivity index (χ4v) is 3.77. The SMILES string of the molecule is CCNC(=NCC(c1cnn(C)c1)N(C)C)NC1CC(C)(C)Oc2ccccc21. The number of benzene rings is 1. The summed E-state index contributed by atoms with van der Waals surface area (Å²) in [4.78, 5) is 7.09. The lowest BCUT2D eigenvalue weighted by Gasteiger charge is -2.38. The van der Waals surface area contributed by atoms with Crippen molar-refractivity contribution in [2.75, 3.05) is 27.2 Å². The molecular formula is C22H34N6O. The van der Waals surface area contributed by atoms with E-state index in [-0.39, 0.29) is 17.7 Å². The number of para-hydroxylation sites is 1. The molecule has 2 unspecified atom stereocenters. The molecule has 0 spiro atoms. The number of nitrogens with zero attached hydrogens (tertiary/aromatic N) is 4. The van der Waals surface area contributed by atoms with Crippen LogP contribution in [-0.2, 0) is 7.05 Å². The second kappa shape index (κ2) is 8.86. The van der Waals surface area contributed by atoms with Gasteiger partial charge < -0.3 is 20.3 Å². The second-order valence-corrected chi connectivity index (χ2v) is 8.45. The van der Waals surface area contributed by atoms with Crippen LogP contribution >= 0.6 is 0 Å². The summed E-state index contributed by atoms with van der Waals surface area (Å²) in [5.74, 6) is 1.76. The van der Waals surface area contributed by atoms with Gasteiger partial charge in [-0.25, -0.2) is 0 Å². The van der Waals surface area contributed by atoms with Crippen LogP contribution < -0.4 is 15.4 Å². The van der Waals surface area contributed by atoms with Crippen LogP contribution in [0.2, 0.25) is 0 Å². The van der Waals surface area contributed by atoms with Gasteiger partial charge in [0.25, 0.3) is 0 Å². The zero-order valence-electron chi connectivity index (χ0n) is 18.4. The highest BCUT2D eigenvalue weighted by Crippen LogP contribution is 2.39. The summed E-state index contributed by atoms with van der Waals surface area (Å²) in [6.45, 7) is 7.80. The van der Waals surface area contributed by atoms with Gasteiger partial charge in [-0.1, -0.05) is 18.2 Å². The molecule has 2 aromatic rings. The van der Waals surface area contributed by atoms with Crippen LogP contribution in [0, 0.1) is 0 Å². The third kappa shape index (κ3) is 5.29. The first-order valence-corrected chi connectivity index (χ1v) is 10.3. The molecular weight excluding hydrogens is 364 g/mol. The Morgan fingerprint density at radius 2 is 2.14 bits per heavy atom. The minimum Gasteiger partial charge on any atom is -0.487 e. The molecule has 1 aromatic heterocycles. The van der Waals surface area contributed by atoms with Crippen LogP contribution in [0.4, 0.5) is 0 Å². The molecule has 0 fully saturated rings. The van der Waals surface area contributed by atoms with E-state index in [0.29, 0.717) is 6.54 Å². The molecule has 2 atom stereocenters. The maximum absolute atomic E-state index is 6.16. The largest absolute Gasteiger partial charge is 0.487 e. The molecule has 1 aromatic carbocycles. The van der Waals surface area contributed by atoms with E-state index in [9.17, 15) is 0 Å². The van der Waals surface area contributed by atoms with E-state index in [0.717, 1.165) is 30.2 Å². The fourth-order valence-electron chi connectivity index (χ4n) is 3.77. The van der Waals surface area contributed by atoms with Crippen LogP contribution in [0.15, 0.2) is 41.7 Å². The molecule has 0 saturated heterocycles. The fraction of sp³-hybridized carbons (Fsp3) is 0.545. The highest BCUT2D eigenvalue weighted by molar-refractivity contribution is 5.80. The minimum absolute atomic E-state index is 0.143. The third-order valence-electron chi connectivity index (χ3n) is 5.19. The van der Waals surface area contributed by atoms with Crippen LogP contribution in [0.5, 0.6) is 5.75 Å². The third-order valence-corrected chi connectivity index (χ3v) is 5.19. The van der Waals surface area contributed by atoms with Gasteiger partial charge in [-0.2, -0.15) is 5.10 Å². The maximum Gasteiger partial charge on any atom is 0.191 e. The topological polar surface area (TPSA) is 66.7 Å². The molecule has 0 radical (unpaired) electrons. The van der Waals surface area contributed by atoms with Crippen molar-refractivity contribution in [3.05, 3.63) is 47.8 Å². The van der Waals surface area contributed by atoms with Crippen molar-refractivity contribution in [3.63, 3.8) is 0 Å². The number of ether oxygens (including phenoxy) is 1. The average molecular weight is 399 g/mol. The van der Waals surface area contributed by atoms with Gasteiger partial charge in [0.15, 0.2) is 5.96 Å². The molecule has 2 N–H and O–H groups in total. The van der Waals surface area contributed by atoms with Gasteiger partial charge in [0.2, 0.25) is 0 Å². The van der Waals surface area contributed by atoms with E-state index in [2.05, 4.69) is 73.8 Å². The molecule has 3 rings (SSSR count). The number of likely N-dealkylation sites (N-methyl/N-ethyl adjacent to an activating group) is 1. The van der Waals surface area contributed by atoms with Gasteiger partial charge in [0.05, 0.1) is 24.8 Å². The predicted molar refractivity (Wildman–Crippen MR) is 117 cm³/mol. The maximum atomic E-state index is 6.16. The molecule has 158 valence electrons. The second-order valence-electron chi connectivity index (χ2n) is 8.45. The molecule has 0 saturated carbocycles. The first-order chi connectivity index (χ1) is 13.8. The highest BCUT2D eigenvalue weighted by Gasteiger charge is 2.34. The monoisotopic (exact) mass is 398 g/mol. The van der Waals surface area contributed by atoms with Crippen molar-refractivity contribution in [3.8, 4) is 5.75 Å². The lowest BCUT2D eigenvalue weighted by atomic mass is 9.90. The van der Waals surface area contributed by atoms with Gasteiger partial charge in [-0.15, -0.1) is 0 Å². The van der Waals surface area contributed by atoms with Gasteiger partial charge in [0.1, 0.15) is 11.4 Å². The van der Waals surface area contributed by atoms with E-state index in [4.69, 9.17) is 9.73 Å². The van der Waals surface area contributed by atoms with Gasteiger partial charge in [-0.05, 0) is 40.9 Å². The van der Waals surface area contributed by atoms with Crippen molar-refractivity contribution < 1.29 is 4.74 Å². The van der Waals surface area contributed by atoms with Crippen LogP contribution in [0.1, 0.15) is 50.4 Å². The first kappa shape index (κ1) is 21.2. The van der Waals surface area contributed by atoms with E-state index in [1.54, 1.807) is 0 Å². The van der Waals surface area contributed by atoms with Crippen molar-refractivity contribution in [2.24, 2.45) is 12.0 Å². The zero-order chi connectivity index (χ0) is 21.0. The normalized spacial score (nSPS) is 19.4. The van der Waals surface area contributed by atoms with E-state index in [1.165, 1.54) is 5.56 Å². The molecule has 7 heteroatoms. The number of aliphatic imine (C=N–C) groups is 1. The smallest absolute Gasteiger partial charge is 0.191 e. The zero-order valence-corrected chi connectivity index (χ0v) is 18.4. The predicted octanol–water partition coefficient (Wildman–Crippen LogP) is 2.88. The van der Waals surface area contributed by atoms with E-state index < -0.39 is 0 Å². The van der Waals surface area contributed by atoms with Crippen LogP contribution in [0.3, 0.4) is 0 Å². The lowest BCUT2D eigenvalue weighted by molar-refractivity contribution is 0.0694. The number of hydrogen-bond donors (Lipinski definition) is 2. The van der Waals surface area contributed by atoms with Crippen molar-refractivity contribution >= 4 is 5.96 Å². The van der Waals surface area contributed by atoms with Gasteiger partial charge in [-0.3, -0.25) is 9.67 Å². The summed E-state index contributed by atoms with van der Waals surface area (Å²) in [5.41, 5.74) is 2.11. The summed E-state index contributed by atoms with van der Waals surface area (Å²) in [6, 6.07) is 8.56. The summed E-state index contributed by atoms with van der Waals surface area (Å²) in [6.07, 6.45) is 4.84. The standard InChI is InChI=1S/C22H34N6O/c1-7-23-21(24-14-19(27(4)5)16-13-25-28(6)15-16)26-18-12-22(2,3)29-20-11-9-8-10-17(18)20/h8-11,13,15,18-19H,7,12,14H2,1-6H3,(H2,23,24,26). The van der Waals surface area contributed by atoms with E-state index >= 15 is 0 Å². The number of hydrogen-bond acceptors (Lipinski definition) is 4. The number of guanidine groups is 1. The molecule has 0 amide bonds. The molecule has 0 bridgehead atoms. The van der Waals surface area contributed by atoms with E-state index in [1.807, 2.05) is 30.1 Å². The Hall–Kier alpha value is -2.54. The summed E-state index contributed by atoms with van der Waals surface area (Å²) in [7, 11) is 6.09. The Morgan fingerprint density at radius 3 is 2.79 bits per heavy atom. The Labute approximate surface area is 174 Å². The van der Waals surface area contributed by atoms with Crippen LogP contribution in [0.25, 0.3) is 0 Å². The Morgan fingerprint density at radius 1 is 1.38 bits per heavy atom. The number of nitrogens with one attached hydrogen (secondary N) is 2. The van der Waals surface area contributed by atoms with Gasteiger partial charge >= 0.3 is 0 Å². The first-order valence-electron chi connectivity index (χ1n) is 10.3. The quantitative estimate of drug-likeness (QED) is 0.579. The van der Waals surface area contributed by atoms with Crippen molar-refractivity contribution in [1.29, 1.82) is 0 Å². The lowest BCUT2D eigenvalue weighted by Crippen LogP contribution is -2.45. The highest BCUT2D eigenvalue weighted by atomic mass is 16.5. The molecule has 29 heavy (non-hydrogen) atoms. The Balaban J connectivity index is 1.80. The molecule has 1 aliphatic heterocycles. The molecule has 2 heterocycles. The number of aromatic nitrogens is 2. The number of fused-ring (bicyclic) bond motifs is 1. The molecule has 0 aliphatic carbocycles. The summed E-state index contributed by atoms with van der Waals surface area (Å²) >= 11 is 0. The van der Waals surface area contributed by atoms with Crippen molar-refractivity contribution in [2.45, 2.75) is 44.9 Å². The minimum atomic E-state index is -0.231. The molecule has 1 aliphatic rings. The summed E-state index contributed by atoms with van der Waals surface area (Å²) < 4.78 is 8.00. The number of rotatable bonds is 6. The Kier molecular flexibility index (Phi) is 6.47. The summed E-state index contributed by atoms with van der Waals surface area (Å²) in [5, 5.41) is 11.4. The number of aryl methyl sites for hydroxylation is 1. The van der Waals surface area contributed by atoms with Crippen LogP contribution in [-0.4, -0.2) is 53.4 Å². The average Bonchev–Trinajstić information content (AvgIpc) is 3.06. The molecule has 7 nitrogen and oxygen atoms in total. The van der Waals surface area contributed by atoms with Crippen molar-refractivity contribution in [1.82, 2.24) is 25.3 Å².